The van der Waals surface area contributed by atoms with Gasteiger partial charge < -0.3 is 20.7 Å². The lowest BCUT2D eigenvalue weighted by atomic mass is 10.1. The SMILES string of the molecule is COc1ccccc1/C=C(/NC(=O)c1ccccc1)C(=O)Nc1cccc(SC(C(=O)Nc2c(C)n(C)n(-c3ccccc3)c2=O)c2ccccc2)c1. The first-order valence-electron chi connectivity index (χ1n) is 16.7. The van der Waals surface area contributed by atoms with Gasteiger partial charge in [0, 0.05) is 28.8 Å². The molecule has 0 aliphatic heterocycles. The van der Waals surface area contributed by atoms with Crippen molar-refractivity contribution < 1.29 is 19.1 Å². The predicted molar refractivity (Wildman–Crippen MR) is 209 cm³/mol. The number of nitrogens with one attached hydrogen (secondary N) is 3. The molecule has 0 saturated carbocycles. The van der Waals surface area contributed by atoms with Crippen LogP contribution in [-0.2, 0) is 16.6 Å². The van der Waals surface area contributed by atoms with E-state index in [9.17, 15) is 19.2 Å². The van der Waals surface area contributed by atoms with Crippen LogP contribution in [-0.4, -0.2) is 34.2 Å². The van der Waals surface area contributed by atoms with Crippen LogP contribution in [0.15, 0.2) is 155 Å². The lowest BCUT2D eigenvalue weighted by Crippen LogP contribution is -2.30. The molecule has 3 N–H and O–H groups in total. The van der Waals surface area contributed by atoms with Crippen LogP contribution in [0, 0.1) is 6.92 Å². The Morgan fingerprint density at radius 3 is 2.11 bits per heavy atom. The topological polar surface area (TPSA) is 123 Å². The van der Waals surface area contributed by atoms with Gasteiger partial charge in [-0.1, -0.05) is 91.0 Å². The molecule has 10 nitrogen and oxygen atoms in total. The van der Waals surface area contributed by atoms with Crippen molar-refractivity contribution in [3.05, 3.63) is 178 Å². The second-order valence-corrected chi connectivity index (χ2v) is 13.1. The van der Waals surface area contributed by atoms with E-state index in [1.165, 1.54) is 23.6 Å². The number of benzene rings is 5. The molecule has 3 amide bonds. The maximum atomic E-state index is 14.1. The Labute approximate surface area is 311 Å². The van der Waals surface area contributed by atoms with Gasteiger partial charge in [0.1, 0.15) is 22.4 Å². The Bertz CT molecular complexity index is 2340. The molecule has 0 aliphatic rings. The maximum Gasteiger partial charge on any atom is 0.295 e. The normalized spacial score (nSPS) is 11.7. The van der Waals surface area contributed by atoms with Crippen molar-refractivity contribution >= 4 is 46.9 Å². The fraction of sp³-hybridized carbons (Fsp3) is 0.0952. The van der Waals surface area contributed by atoms with Crippen LogP contribution in [0.1, 0.15) is 32.4 Å². The molecule has 0 spiro atoms. The van der Waals surface area contributed by atoms with Crippen LogP contribution in [0.5, 0.6) is 5.75 Å². The molecular formula is C42H37N5O5S. The van der Waals surface area contributed by atoms with E-state index in [0.29, 0.717) is 38.8 Å². The molecule has 1 aromatic heterocycles. The zero-order valence-electron chi connectivity index (χ0n) is 29.3. The molecule has 0 aliphatic carbocycles. The summed E-state index contributed by atoms with van der Waals surface area (Å²) in [7, 11) is 3.30. The van der Waals surface area contributed by atoms with E-state index in [1.54, 1.807) is 91.5 Å². The number of methoxy groups -OCH3 is 1. The molecule has 5 aromatic carbocycles. The number of thioether (sulfide) groups is 1. The number of anilines is 2. The van der Waals surface area contributed by atoms with Crippen molar-refractivity contribution in [1.29, 1.82) is 0 Å². The van der Waals surface area contributed by atoms with Crippen molar-refractivity contribution in [3.63, 3.8) is 0 Å². The molecular weight excluding hydrogens is 687 g/mol. The summed E-state index contributed by atoms with van der Waals surface area (Å²) in [6.07, 6.45) is 1.56. The van der Waals surface area contributed by atoms with Crippen molar-refractivity contribution in [2.75, 3.05) is 17.7 Å². The summed E-state index contributed by atoms with van der Waals surface area (Å²) in [4.78, 5) is 55.3. The molecule has 1 atom stereocenters. The molecule has 11 heteroatoms. The van der Waals surface area contributed by atoms with E-state index < -0.39 is 17.1 Å². The van der Waals surface area contributed by atoms with Crippen molar-refractivity contribution in [1.82, 2.24) is 14.7 Å². The maximum absolute atomic E-state index is 14.1. The fourth-order valence-corrected chi connectivity index (χ4v) is 6.75. The van der Waals surface area contributed by atoms with Gasteiger partial charge in [0.25, 0.3) is 17.4 Å². The van der Waals surface area contributed by atoms with Gasteiger partial charge in [-0.25, -0.2) is 4.68 Å². The molecule has 1 unspecified atom stereocenters. The van der Waals surface area contributed by atoms with Crippen LogP contribution in [0.3, 0.4) is 0 Å². The highest BCUT2D eigenvalue weighted by Gasteiger charge is 2.26. The van der Waals surface area contributed by atoms with Crippen molar-refractivity contribution in [2.45, 2.75) is 17.1 Å². The fourth-order valence-electron chi connectivity index (χ4n) is 5.67. The number of aromatic nitrogens is 2. The average Bonchev–Trinajstić information content (AvgIpc) is 3.40. The quantitative estimate of drug-likeness (QED) is 0.0895. The number of hydrogen-bond acceptors (Lipinski definition) is 6. The smallest absolute Gasteiger partial charge is 0.295 e. The summed E-state index contributed by atoms with van der Waals surface area (Å²) in [5.41, 5.74) is 3.28. The molecule has 53 heavy (non-hydrogen) atoms. The summed E-state index contributed by atoms with van der Waals surface area (Å²) in [5, 5.41) is 7.81. The zero-order chi connectivity index (χ0) is 37.3. The Morgan fingerprint density at radius 1 is 0.774 bits per heavy atom. The van der Waals surface area contributed by atoms with Crippen LogP contribution in [0.4, 0.5) is 11.4 Å². The second kappa shape index (κ2) is 16.6. The summed E-state index contributed by atoms with van der Waals surface area (Å²) in [6.45, 7) is 1.78. The highest BCUT2D eigenvalue weighted by atomic mass is 32.2. The number of para-hydroxylation sites is 2. The standard InChI is InChI=1S/C42H37N5O5S/c1-28-37(42(51)47(46(28)2)33-22-11-6-12-23-33)45-41(50)38(29-16-7-4-8-17-29)53-34-24-15-21-32(27-34)43-40(49)35(26-31-20-13-14-25-36(31)52-3)44-39(48)30-18-9-5-10-19-30/h4-27,38H,1-3H3,(H,43,49)(H,44,48)(H,45,50)/b35-26+. The summed E-state index contributed by atoms with van der Waals surface area (Å²) < 4.78 is 8.70. The average molecular weight is 724 g/mol. The number of carbonyl (C=O) groups is 3. The molecule has 0 bridgehead atoms. The number of carbonyl (C=O) groups excluding carboxylic acids is 3. The van der Waals surface area contributed by atoms with Crippen molar-refractivity contribution in [2.24, 2.45) is 7.05 Å². The molecule has 6 aromatic rings. The van der Waals surface area contributed by atoms with E-state index in [1.807, 2.05) is 72.8 Å². The third kappa shape index (κ3) is 8.49. The highest BCUT2D eigenvalue weighted by molar-refractivity contribution is 8.00. The van der Waals surface area contributed by atoms with Crippen LogP contribution >= 0.6 is 11.8 Å². The molecule has 0 saturated heterocycles. The van der Waals surface area contributed by atoms with Crippen LogP contribution in [0.2, 0.25) is 0 Å². The molecule has 266 valence electrons. The van der Waals surface area contributed by atoms with E-state index in [0.717, 1.165) is 5.56 Å². The summed E-state index contributed by atoms with van der Waals surface area (Å²) in [5.74, 6) is -0.867. The minimum Gasteiger partial charge on any atom is -0.496 e. The Balaban J connectivity index is 1.26. The Hall–Kier alpha value is -6.59. The molecule has 0 fully saturated rings. The Morgan fingerprint density at radius 2 is 1.42 bits per heavy atom. The third-order valence-electron chi connectivity index (χ3n) is 8.46. The minimum absolute atomic E-state index is 0.00217. The first kappa shape index (κ1) is 36.2. The van der Waals surface area contributed by atoms with Gasteiger partial charge in [0.15, 0.2) is 0 Å². The van der Waals surface area contributed by atoms with E-state index in [4.69, 9.17) is 4.74 Å². The first-order valence-corrected chi connectivity index (χ1v) is 17.6. The minimum atomic E-state index is -0.752. The number of ether oxygens (including phenoxy) is 1. The largest absolute Gasteiger partial charge is 0.496 e. The summed E-state index contributed by atoms with van der Waals surface area (Å²) in [6, 6.07) is 41.3. The monoisotopic (exact) mass is 723 g/mol. The van der Waals surface area contributed by atoms with Crippen LogP contribution < -0.4 is 26.2 Å². The molecule has 6 rings (SSSR count). The van der Waals surface area contributed by atoms with Gasteiger partial charge in [0.2, 0.25) is 5.91 Å². The zero-order valence-corrected chi connectivity index (χ0v) is 30.1. The molecule has 0 radical (unpaired) electrons. The van der Waals surface area contributed by atoms with Gasteiger partial charge >= 0.3 is 0 Å². The van der Waals surface area contributed by atoms with Gasteiger partial charge in [-0.2, -0.15) is 0 Å². The Kier molecular flexibility index (Phi) is 11.4. The highest BCUT2D eigenvalue weighted by Crippen LogP contribution is 2.37. The number of nitrogens with zero attached hydrogens (tertiary/aromatic N) is 2. The van der Waals surface area contributed by atoms with E-state index >= 15 is 0 Å². The van der Waals surface area contributed by atoms with E-state index in [-0.39, 0.29) is 22.9 Å². The van der Waals surface area contributed by atoms with Gasteiger partial charge in [-0.15, -0.1) is 11.8 Å². The predicted octanol–water partition coefficient (Wildman–Crippen LogP) is 7.37. The lowest BCUT2D eigenvalue weighted by Gasteiger charge is -2.17. The van der Waals surface area contributed by atoms with Crippen LogP contribution in [0.25, 0.3) is 11.8 Å². The third-order valence-corrected chi connectivity index (χ3v) is 9.70. The first-order chi connectivity index (χ1) is 25.7. The van der Waals surface area contributed by atoms with Gasteiger partial charge in [-0.05, 0) is 67.1 Å². The second-order valence-electron chi connectivity index (χ2n) is 11.9. The summed E-state index contributed by atoms with van der Waals surface area (Å²) >= 11 is 1.27. The number of rotatable bonds is 12. The van der Waals surface area contributed by atoms with Gasteiger partial charge in [0.05, 0.1) is 18.5 Å². The van der Waals surface area contributed by atoms with E-state index in [2.05, 4.69) is 16.0 Å². The van der Waals surface area contributed by atoms with Crippen molar-refractivity contribution in [3.8, 4) is 11.4 Å². The van der Waals surface area contributed by atoms with Gasteiger partial charge in [-0.3, -0.25) is 23.9 Å². The number of amides is 3. The lowest BCUT2D eigenvalue weighted by molar-refractivity contribution is -0.116. The molecule has 1 heterocycles. The number of hydrogen-bond donors (Lipinski definition) is 3.